The molecule has 0 saturated heterocycles. The molecule has 4 nitrogen and oxygen atoms in total. The van der Waals surface area contributed by atoms with Crippen molar-refractivity contribution in [2.45, 2.75) is 19.6 Å². The number of hydrogen-bond donors (Lipinski definition) is 0. The molecule has 230 valence electrons. The normalized spacial score (nSPS) is 13.8. The zero-order valence-corrected chi connectivity index (χ0v) is 27.6. The fraction of sp³-hybridized carbons (Fsp3) is 0. The third kappa shape index (κ3) is 4.16. The van der Waals surface area contributed by atoms with Gasteiger partial charge in [-0.1, -0.05) is 113 Å². The van der Waals surface area contributed by atoms with Crippen molar-refractivity contribution in [2.75, 3.05) is 4.90 Å². The van der Waals surface area contributed by atoms with E-state index in [0.717, 1.165) is 62.7 Å². The predicted octanol–water partition coefficient (Wildman–Crippen LogP) is 10.3. The molecule has 0 spiro atoms. The molecular weight excluding hydrogens is 641 g/mol. The van der Waals surface area contributed by atoms with Crippen LogP contribution in [0.2, 0.25) is 0 Å². The molecule has 49 heavy (non-hydrogen) atoms. The van der Waals surface area contributed by atoms with E-state index < -0.39 is 0 Å². The molecule has 7 aromatic rings. The summed E-state index contributed by atoms with van der Waals surface area (Å²) in [4.78, 5) is 7.32. The molecule has 0 atom stereocenters. The van der Waals surface area contributed by atoms with Crippen molar-refractivity contribution in [3.8, 4) is 45.6 Å². The smallest absolute Gasteiger partial charge is 0.247 e. The quantitative estimate of drug-likeness (QED) is 0.175. The van der Waals surface area contributed by atoms with Crippen LogP contribution < -0.4 is 35.5 Å². The average molecular weight is 666 g/mol. The van der Waals surface area contributed by atoms with Gasteiger partial charge in [0.2, 0.25) is 6.71 Å². The molecule has 4 heterocycles. The van der Waals surface area contributed by atoms with Gasteiger partial charge in [0, 0.05) is 25.1 Å². The molecule has 0 aliphatic carbocycles. The SMILES string of the molecule is c1ccc(-c2cc3c4c(c2)Oc2ccccc2N4c2ccccc2O3)c(Oc2cc3c4c(c2)Sc2ccccc2B4c2ccccc2S3)c1. The number of ether oxygens (including phenoxy) is 3. The highest BCUT2D eigenvalue weighted by atomic mass is 32.2. The molecule has 4 aliphatic rings. The van der Waals surface area contributed by atoms with Gasteiger partial charge >= 0.3 is 0 Å². The lowest BCUT2D eigenvalue weighted by molar-refractivity contribution is 0.446. The molecule has 0 N–H and O–H groups in total. The lowest BCUT2D eigenvalue weighted by Crippen LogP contribution is -2.57. The Morgan fingerprint density at radius 1 is 0.510 bits per heavy atom. The zero-order valence-electron chi connectivity index (χ0n) is 25.9. The van der Waals surface area contributed by atoms with Crippen LogP contribution in [0.25, 0.3) is 11.1 Å². The Kier molecular flexibility index (Phi) is 5.88. The molecule has 0 saturated carbocycles. The van der Waals surface area contributed by atoms with Gasteiger partial charge in [-0.05, 0) is 77.8 Å². The van der Waals surface area contributed by atoms with E-state index in [4.69, 9.17) is 14.2 Å². The van der Waals surface area contributed by atoms with Crippen LogP contribution in [0.1, 0.15) is 0 Å². The second kappa shape index (κ2) is 10.5. The first-order chi connectivity index (χ1) is 24.3. The van der Waals surface area contributed by atoms with E-state index in [1.54, 1.807) is 0 Å². The van der Waals surface area contributed by atoms with E-state index in [9.17, 15) is 0 Å². The first-order valence-electron chi connectivity index (χ1n) is 16.3. The Morgan fingerprint density at radius 3 is 1.67 bits per heavy atom. The summed E-state index contributed by atoms with van der Waals surface area (Å²) >= 11 is 3.67. The molecule has 0 aromatic heterocycles. The van der Waals surface area contributed by atoms with Crippen LogP contribution in [0.4, 0.5) is 17.1 Å². The van der Waals surface area contributed by atoms with Crippen LogP contribution in [-0.4, -0.2) is 6.71 Å². The predicted molar refractivity (Wildman–Crippen MR) is 199 cm³/mol. The molecule has 7 aromatic carbocycles. The molecule has 0 unspecified atom stereocenters. The fourth-order valence-electron chi connectivity index (χ4n) is 7.53. The van der Waals surface area contributed by atoms with E-state index in [-0.39, 0.29) is 6.71 Å². The number of hydrogen-bond acceptors (Lipinski definition) is 6. The monoisotopic (exact) mass is 665 g/mol. The third-order valence-corrected chi connectivity index (χ3v) is 11.9. The van der Waals surface area contributed by atoms with Gasteiger partial charge in [-0.15, -0.1) is 0 Å². The first-order valence-corrected chi connectivity index (χ1v) is 17.9. The van der Waals surface area contributed by atoms with Gasteiger partial charge < -0.3 is 14.2 Å². The fourth-order valence-corrected chi connectivity index (χ4v) is 9.99. The highest BCUT2D eigenvalue weighted by Crippen LogP contribution is 2.60. The third-order valence-electron chi connectivity index (χ3n) is 9.61. The Hall–Kier alpha value is -5.50. The number of fused-ring (bicyclic) bond motifs is 8. The highest BCUT2D eigenvalue weighted by molar-refractivity contribution is 8.01. The Bertz CT molecular complexity index is 2390. The van der Waals surface area contributed by atoms with E-state index in [2.05, 4.69) is 95.9 Å². The molecule has 0 bridgehead atoms. The number of benzene rings is 7. The number of rotatable bonds is 3. The van der Waals surface area contributed by atoms with Crippen molar-refractivity contribution in [1.82, 2.24) is 0 Å². The van der Waals surface area contributed by atoms with Gasteiger partial charge in [-0.3, -0.25) is 4.90 Å². The summed E-state index contributed by atoms with van der Waals surface area (Å²) in [5, 5.41) is 0. The minimum absolute atomic E-state index is 0.212. The molecule has 4 aliphatic heterocycles. The summed E-state index contributed by atoms with van der Waals surface area (Å²) in [5.74, 6) is 4.68. The molecule has 0 fully saturated rings. The van der Waals surface area contributed by atoms with Crippen molar-refractivity contribution in [2.24, 2.45) is 0 Å². The minimum Gasteiger partial charge on any atom is -0.457 e. The van der Waals surface area contributed by atoms with Gasteiger partial charge in [-0.25, -0.2) is 0 Å². The summed E-state index contributed by atoms with van der Waals surface area (Å²) in [6.45, 7) is 0.212. The maximum atomic E-state index is 6.85. The van der Waals surface area contributed by atoms with Crippen LogP contribution in [0.15, 0.2) is 165 Å². The zero-order chi connectivity index (χ0) is 32.1. The second-order valence-corrected chi connectivity index (χ2v) is 14.6. The maximum absolute atomic E-state index is 6.85. The summed E-state index contributed by atoms with van der Waals surface area (Å²) in [5.41, 5.74) is 8.91. The molecular formula is C42H24BNO3S2. The molecule has 0 amide bonds. The topological polar surface area (TPSA) is 30.9 Å². The summed E-state index contributed by atoms with van der Waals surface area (Å²) in [6, 6.07) is 50.7. The van der Waals surface area contributed by atoms with Crippen LogP contribution in [-0.2, 0) is 0 Å². The maximum Gasteiger partial charge on any atom is 0.247 e. The van der Waals surface area contributed by atoms with Gasteiger partial charge in [0.05, 0.1) is 11.4 Å². The van der Waals surface area contributed by atoms with Gasteiger partial charge in [0.25, 0.3) is 0 Å². The van der Waals surface area contributed by atoms with Crippen molar-refractivity contribution in [1.29, 1.82) is 0 Å². The number of para-hydroxylation sites is 5. The van der Waals surface area contributed by atoms with E-state index >= 15 is 0 Å². The van der Waals surface area contributed by atoms with E-state index in [0.29, 0.717) is 0 Å². The Labute approximate surface area is 292 Å². The summed E-state index contributed by atoms with van der Waals surface area (Å²) in [7, 11) is 0. The largest absolute Gasteiger partial charge is 0.457 e. The number of anilines is 3. The van der Waals surface area contributed by atoms with E-state index in [1.807, 2.05) is 78.1 Å². The number of nitrogens with zero attached hydrogens (tertiary/aromatic N) is 1. The van der Waals surface area contributed by atoms with Gasteiger partial charge in [0.1, 0.15) is 17.2 Å². The molecule has 11 rings (SSSR count). The summed E-state index contributed by atoms with van der Waals surface area (Å²) < 4.78 is 20.0. The van der Waals surface area contributed by atoms with Crippen molar-refractivity contribution in [3.63, 3.8) is 0 Å². The van der Waals surface area contributed by atoms with Crippen LogP contribution in [0.5, 0.6) is 34.5 Å². The first kappa shape index (κ1) is 27.5. The average Bonchev–Trinajstić information content (AvgIpc) is 3.14. The van der Waals surface area contributed by atoms with Crippen molar-refractivity contribution >= 4 is 63.7 Å². The molecule has 7 heteroatoms. The van der Waals surface area contributed by atoms with E-state index in [1.165, 1.54) is 36.0 Å². The lowest BCUT2D eigenvalue weighted by Gasteiger charge is -2.38. The van der Waals surface area contributed by atoms with Crippen LogP contribution in [0, 0.1) is 0 Å². The summed E-state index contributed by atoms with van der Waals surface area (Å²) in [6.07, 6.45) is 0. The Balaban J connectivity index is 1.02. The lowest BCUT2D eigenvalue weighted by atomic mass is 9.36. The molecule has 0 radical (unpaired) electrons. The van der Waals surface area contributed by atoms with Crippen molar-refractivity contribution < 1.29 is 14.2 Å². The highest BCUT2D eigenvalue weighted by Gasteiger charge is 2.39. The second-order valence-electron chi connectivity index (χ2n) is 12.4. The Morgan fingerprint density at radius 2 is 1.04 bits per heavy atom. The van der Waals surface area contributed by atoms with Crippen LogP contribution in [0.3, 0.4) is 0 Å². The minimum atomic E-state index is 0.212. The van der Waals surface area contributed by atoms with Gasteiger partial charge in [0.15, 0.2) is 23.0 Å². The van der Waals surface area contributed by atoms with Gasteiger partial charge in [-0.2, -0.15) is 0 Å². The van der Waals surface area contributed by atoms with Crippen LogP contribution >= 0.6 is 23.5 Å². The van der Waals surface area contributed by atoms with Crippen molar-refractivity contribution in [3.05, 3.63) is 146 Å². The standard InChI is InChI=1S/C42H24BNO3S2/c1-6-16-32(45-26-23-39-41-40(24-26)49-38-20-10-3-13-29(38)43(41)28-12-2-9-19-37(28)48-39)27(11-1)25-21-35-42-36(22-25)47-34-18-8-5-15-31(34)44(42)30-14-4-7-17-33(30)46-35/h1-24H.